The molecule has 0 spiro atoms. The molecule has 0 aromatic carbocycles. The zero-order valence-electron chi connectivity index (χ0n) is 13.0. The number of likely N-dealkylation sites (tertiary alicyclic amines) is 1. The number of piperidine rings is 1. The van der Waals surface area contributed by atoms with Crippen LogP contribution in [0.25, 0.3) is 0 Å². The van der Waals surface area contributed by atoms with Gasteiger partial charge in [0.05, 0.1) is 11.8 Å². The molecule has 2 saturated heterocycles. The van der Waals surface area contributed by atoms with Crippen LogP contribution in [-0.4, -0.2) is 63.1 Å². The summed E-state index contributed by atoms with van der Waals surface area (Å²) in [7, 11) is 0. The second-order valence-electron chi connectivity index (χ2n) is 6.13. The van der Waals surface area contributed by atoms with Gasteiger partial charge in [-0.15, -0.1) is 5.10 Å². The van der Waals surface area contributed by atoms with Gasteiger partial charge >= 0.3 is 0 Å². The zero-order chi connectivity index (χ0) is 15.4. The van der Waals surface area contributed by atoms with Crippen LogP contribution in [0.2, 0.25) is 0 Å². The number of thioether (sulfide) groups is 1. The Labute approximate surface area is 134 Å². The molecule has 0 aliphatic carbocycles. The zero-order valence-corrected chi connectivity index (χ0v) is 13.8. The Morgan fingerprint density at radius 1 is 1.36 bits per heavy atom. The molecule has 7 nitrogen and oxygen atoms in total. The van der Waals surface area contributed by atoms with Crippen LogP contribution in [0.4, 0.5) is 0 Å². The highest BCUT2D eigenvalue weighted by molar-refractivity contribution is 7.99. The summed E-state index contributed by atoms with van der Waals surface area (Å²) in [6.45, 7) is 5.47. The topological polar surface area (TPSA) is 73.1 Å². The number of tetrazole rings is 1. The lowest BCUT2D eigenvalue weighted by molar-refractivity contribution is -0.130. The standard InChI is InChI=1S/C14H23N5O2S/c1-11-3-2-6-18(9-11)13(20)10-22-14-15-16-17-19(14)12-4-7-21-8-5-12/h11-12H,2-10H2,1H3. The lowest BCUT2D eigenvalue weighted by Gasteiger charge is -2.30. The molecule has 0 bridgehead atoms. The van der Waals surface area contributed by atoms with Gasteiger partial charge in [-0.2, -0.15) is 0 Å². The average molecular weight is 325 g/mol. The summed E-state index contributed by atoms with van der Waals surface area (Å²) in [5.74, 6) is 1.21. The summed E-state index contributed by atoms with van der Waals surface area (Å²) in [4.78, 5) is 14.3. The van der Waals surface area contributed by atoms with Crippen molar-refractivity contribution in [3.63, 3.8) is 0 Å². The number of aromatic nitrogens is 4. The van der Waals surface area contributed by atoms with Crippen LogP contribution in [0.15, 0.2) is 5.16 Å². The molecule has 2 aliphatic rings. The molecule has 8 heteroatoms. The summed E-state index contributed by atoms with van der Waals surface area (Å²) < 4.78 is 7.24. The van der Waals surface area contributed by atoms with Gasteiger partial charge in [0, 0.05) is 26.3 Å². The first-order chi connectivity index (χ1) is 10.7. The highest BCUT2D eigenvalue weighted by Crippen LogP contribution is 2.25. The van der Waals surface area contributed by atoms with Crippen LogP contribution in [0.3, 0.4) is 0 Å². The van der Waals surface area contributed by atoms with Crippen molar-refractivity contribution in [2.45, 2.75) is 43.8 Å². The highest BCUT2D eigenvalue weighted by atomic mass is 32.2. The van der Waals surface area contributed by atoms with Crippen LogP contribution < -0.4 is 0 Å². The Morgan fingerprint density at radius 3 is 2.95 bits per heavy atom. The van der Waals surface area contributed by atoms with Crippen molar-refractivity contribution >= 4 is 17.7 Å². The number of hydrogen-bond donors (Lipinski definition) is 0. The van der Waals surface area contributed by atoms with E-state index in [2.05, 4.69) is 22.4 Å². The minimum Gasteiger partial charge on any atom is -0.381 e. The van der Waals surface area contributed by atoms with E-state index in [0.717, 1.165) is 50.7 Å². The van der Waals surface area contributed by atoms with Gasteiger partial charge in [0.15, 0.2) is 0 Å². The third kappa shape index (κ3) is 3.78. The molecule has 3 heterocycles. The monoisotopic (exact) mass is 325 g/mol. The SMILES string of the molecule is CC1CCCN(C(=O)CSc2nnnn2C2CCOCC2)C1. The van der Waals surface area contributed by atoms with E-state index in [1.54, 1.807) is 0 Å². The summed E-state index contributed by atoms with van der Waals surface area (Å²) >= 11 is 1.45. The molecule has 1 aromatic heterocycles. The fourth-order valence-corrected chi connectivity index (χ4v) is 3.92. The molecule has 22 heavy (non-hydrogen) atoms. The van der Waals surface area contributed by atoms with Gasteiger partial charge in [0.1, 0.15) is 0 Å². The third-order valence-electron chi connectivity index (χ3n) is 4.33. The van der Waals surface area contributed by atoms with Gasteiger partial charge in [-0.05, 0) is 42.0 Å². The molecule has 0 saturated carbocycles. The molecule has 1 unspecified atom stereocenters. The fourth-order valence-electron chi connectivity index (χ4n) is 3.07. The van der Waals surface area contributed by atoms with E-state index in [-0.39, 0.29) is 11.9 Å². The van der Waals surface area contributed by atoms with Gasteiger partial charge in [0.25, 0.3) is 0 Å². The maximum Gasteiger partial charge on any atom is 0.233 e. The third-order valence-corrected chi connectivity index (χ3v) is 5.25. The quantitative estimate of drug-likeness (QED) is 0.779. The van der Waals surface area contributed by atoms with Crippen LogP contribution in [-0.2, 0) is 9.53 Å². The van der Waals surface area contributed by atoms with E-state index in [9.17, 15) is 4.79 Å². The van der Waals surface area contributed by atoms with Gasteiger partial charge in [-0.1, -0.05) is 18.7 Å². The first-order valence-electron chi connectivity index (χ1n) is 8.00. The predicted molar refractivity (Wildman–Crippen MR) is 82.6 cm³/mol. The normalized spacial score (nSPS) is 23.7. The Morgan fingerprint density at radius 2 is 2.18 bits per heavy atom. The van der Waals surface area contributed by atoms with Crippen molar-refractivity contribution in [3.05, 3.63) is 0 Å². The second kappa shape index (κ2) is 7.41. The molecule has 122 valence electrons. The summed E-state index contributed by atoms with van der Waals surface area (Å²) in [6.07, 6.45) is 4.18. The van der Waals surface area contributed by atoms with Gasteiger partial charge in [-0.3, -0.25) is 4.79 Å². The first-order valence-corrected chi connectivity index (χ1v) is 8.99. The predicted octanol–water partition coefficient (Wildman–Crippen LogP) is 1.38. The summed E-state index contributed by atoms with van der Waals surface area (Å²) in [5, 5.41) is 12.7. The minimum atomic E-state index is 0.193. The Kier molecular flexibility index (Phi) is 5.30. The lowest BCUT2D eigenvalue weighted by Crippen LogP contribution is -2.40. The van der Waals surface area contributed by atoms with Crippen molar-refractivity contribution in [1.82, 2.24) is 25.1 Å². The smallest absolute Gasteiger partial charge is 0.233 e. The molecule has 1 atom stereocenters. The maximum absolute atomic E-state index is 12.3. The largest absolute Gasteiger partial charge is 0.381 e. The highest BCUT2D eigenvalue weighted by Gasteiger charge is 2.24. The lowest BCUT2D eigenvalue weighted by atomic mass is 10.0. The molecule has 3 rings (SSSR count). The van der Waals surface area contributed by atoms with Gasteiger partial charge in [-0.25, -0.2) is 4.68 Å². The second-order valence-corrected chi connectivity index (χ2v) is 7.07. The molecule has 1 amide bonds. The summed E-state index contributed by atoms with van der Waals surface area (Å²) in [5.41, 5.74) is 0. The average Bonchev–Trinajstić information content (AvgIpc) is 3.02. The van der Waals surface area contributed by atoms with E-state index in [1.807, 2.05) is 9.58 Å². The van der Waals surface area contributed by atoms with E-state index in [1.165, 1.54) is 18.2 Å². The van der Waals surface area contributed by atoms with Crippen molar-refractivity contribution < 1.29 is 9.53 Å². The van der Waals surface area contributed by atoms with Crippen LogP contribution in [0, 0.1) is 5.92 Å². The number of hydrogen-bond acceptors (Lipinski definition) is 6. The first kappa shape index (κ1) is 15.7. The number of nitrogens with zero attached hydrogens (tertiary/aromatic N) is 5. The Balaban J connectivity index is 1.55. The molecule has 2 fully saturated rings. The molecule has 2 aliphatic heterocycles. The van der Waals surface area contributed by atoms with Crippen molar-refractivity contribution in [1.29, 1.82) is 0 Å². The number of carbonyl (C=O) groups excluding carboxylic acids is 1. The van der Waals surface area contributed by atoms with Crippen molar-refractivity contribution in [2.75, 3.05) is 32.1 Å². The summed E-state index contributed by atoms with van der Waals surface area (Å²) in [6, 6.07) is 0.288. The number of carbonyl (C=O) groups is 1. The molecule has 1 aromatic rings. The molecule has 0 N–H and O–H groups in total. The van der Waals surface area contributed by atoms with Crippen molar-refractivity contribution in [2.24, 2.45) is 5.92 Å². The molecular weight excluding hydrogens is 302 g/mol. The van der Waals surface area contributed by atoms with Gasteiger partial charge < -0.3 is 9.64 Å². The van der Waals surface area contributed by atoms with E-state index >= 15 is 0 Å². The molecule has 0 radical (unpaired) electrons. The fraction of sp³-hybridized carbons (Fsp3) is 0.857. The van der Waals surface area contributed by atoms with E-state index in [0.29, 0.717) is 11.7 Å². The number of rotatable bonds is 4. The Bertz CT molecular complexity index is 503. The van der Waals surface area contributed by atoms with Crippen LogP contribution >= 0.6 is 11.8 Å². The van der Waals surface area contributed by atoms with E-state index in [4.69, 9.17) is 4.74 Å². The maximum atomic E-state index is 12.3. The number of amides is 1. The molecular formula is C14H23N5O2S. The Hall–Kier alpha value is -1.15. The number of ether oxygens (including phenoxy) is 1. The van der Waals surface area contributed by atoms with Crippen molar-refractivity contribution in [3.8, 4) is 0 Å². The van der Waals surface area contributed by atoms with Crippen LogP contribution in [0.5, 0.6) is 0 Å². The van der Waals surface area contributed by atoms with Crippen LogP contribution in [0.1, 0.15) is 38.6 Å². The minimum absolute atomic E-state index is 0.193. The van der Waals surface area contributed by atoms with E-state index < -0.39 is 0 Å². The van der Waals surface area contributed by atoms with Gasteiger partial charge in [0.2, 0.25) is 11.1 Å².